The van der Waals surface area contributed by atoms with E-state index in [0.717, 1.165) is 11.1 Å². The summed E-state index contributed by atoms with van der Waals surface area (Å²) in [6, 6.07) is 12.5. The van der Waals surface area contributed by atoms with Gasteiger partial charge < -0.3 is 5.32 Å². The van der Waals surface area contributed by atoms with Crippen LogP contribution in [0.15, 0.2) is 48.5 Å². The first-order valence-corrected chi connectivity index (χ1v) is 7.34. The van der Waals surface area contributed by atoms with E-state index in [1.807, 2.05) is 18.2 Å². The molecule has 108 valence electrons. The van der Waals surface area contributed by atoms with Crippen molar-refractivity contribution >= 4 is 46.8 Å². The summed E-state index contributed by atoms with van der Waals surface area (Å²) in [5, 5.41) is 4.44. The zero-order valence-corrected chi connectivity index (χ0v) is 13.2. The van der Waals surface area contributed by atoms with Crippen molar-refractivity contribution in [3.05, 3.63) is 74.7 Å². The second-order valence-corrected chi connectivity index (χ2v) is 5.56. The fraction of sp³-hybridized carbons (Fsp3) is 0.0625. The lowest BCUT2D eigenvalue weighted by Gasteiger charge is -2.04. The molecule has 0 aliphatic rings. The Morgan fingerprint density at radius 1 is 1.05 bits per heavy atom. The third kappa shape index (κ3) is 4.78. The van der Waals surface area contributed by atoms with Gasteiger partial charge in [-0.1, -0.05) is 59.1 Å². The molecular formula is C16H12Cl3NO. The van der Waals surface area contributed by atoms with Crippen LogP contribution in [0.4, 0.5) is 0 Å². The van der Waals surface area contributed by atoms with Crippen LogP contribution in [0.5, 0.6) is 0 Å². The average molecular weight is 341 g/mol. The Morgan fingerprint density at radius 3 is 2.52 bits per heavy atom. The Bertz CT molecular complexity index is 683. The lowest BCUT2D eigenvalue weighted by Crippen LogP contribution is -2.20. The van der Waals surface area contributed by atoms with Crippen molar-refractivity contribution in [2.24, 2.45) is 0 Å². The normalized spacial score (nSPS) is 10.8. The summed E-state index contributed by atoms with van der Waals surface area (Å²) in [5.74, 6) is -0.221. The van der Waals surface area contributed by atoms with Gasteiger partial charge in [0.2, 0.25) is 5.91 Å². The standard InChI is InChI=1S/C16H12Cl3NO/c17-13-7-5-11(15(19)9-13)6-8-16(21)20-10-12-3-1-2-4-14(12)18/h1-9H,10H2,(H,20,21). The molecule has 1 amide bonds. The predicted octanol–water partition coefficient (Wildman–Crippen LogP) is 4.98. The molecule has 2 nitrogen and oxygen atoms in total. The molecule has 0 aromatic heterocycles. The molecule has 0 fully saturated rings. The molecule has 0 bridgehead atoms. The van der Waals surface area contributed by atoms with E-state index in [0.29, 0.717) is 21.6 Å². The van der Waals surface area contributed by atoms with Gasteiger partial charge in [-0.2, -0.15) is 0 Å². The number of hydrogen-bond acceptors (Lipinski definition) is 1. The van der Waals surface area contributed by atoms with E-state index in [4.69, 9.17) is 34.8 Å². The number of amides is 1. The lowest BCUT2D eigenvalue weighted by molar-refractivity contribution is -0.116. The Labute approximate surface area is 138 Å². The summed E-state index contributed by atoms with van der Waals surface area (Å²) in [5.41, 5.74) is 1.60. The molecule has 0 heterocycles. The summed E-state index contributed by atoms with van der Waals surface area (Å²) < 4.78 is 0. The fourth-order valence-corrected chi connectivity index (χ4v) is 2.36. The van der Waals surface area contributed by atoms with Crippen LogP contribution >= 0.6 is 34.8 Å². The van der Waals surface area contributed by atoms with Crippen LogP contribution in [-0.4, -0.2) is 5.91 Å². The Kier molecular flexibility index (Phi) is 5.68. The Hall–Kier alpha value is -1.48. The largest absolute Gasteiger partial charge is 0.348 e. The van der Waals surface area contributed by atoms with Gasteiger partial charge in [0.05, 0.1) is 0 Å². The van der Waals surface area contributed by atoms with Crippen LogP contribution in [0.2, 0.25) is 15.1 Å². The highest BCUT2D eigenvalue weighted by Crippen LogP contribution is 2.22. The van der Waals surface area contributed by atoms with Crippen LogP contribution in [-0.2, 0) is 11.3 Å². The molecule has 2 aromatic carbocycles. The fourth-order valence-electron chi connectivity index (χ4n) is 1.69. The van der Waals surface area contributed by atoms with E-state index in [-0.39, 0.29) is 5.91 Å². The van der Waals surface area contributed by atoms with Crippen LogP contribution in [0.3, 0.4) is 0 Å². The molecule has 0 saturated heterocycles. The van der Waals surface area contributed by atoms with Crippen molar-refractivity contribution in [3.8, 4) is 0 Å². The first-order valence-electron chi connectivity index (χ1n) is 6.20. The van der Waals surface area contributed by atoms with Gasteiger partial charge in [-0.3, -0.25) is 4.79 Å². The molecule has 2 aromatic rings. The summed E-state index contributed by atoms with van der Waals surface area (Å²) in [6.07, 6.45) is 3.06. The zero-order chi connectivity index (χ0) is 15.2. The molecule has 2 rings (SSSR count). The molecule has 0 atom stereocenters. The van der Waals surface area contributed by atoms with Crippen molar-refractivity contribution in [3.63, 3.8) is 0 Å². The van der Waals surface area contributed by atoms with Gasteiger partial charge in [0.1, 0.15) is 0 Å². The van der Waals surface area contributed by atoms with Crippen molar-refractivity contribution in [2.45, 2.75) is 6.54 Å². The monoisotopic (exact) mass is 339 g/mol. The van der Waals surface area contributed by atoms with E-state index in [1.165, 1.54) is 6.08 Å². The predicted molar refractivity (Wildman–Crippen MR) is 88.8 cm³/mol. The minimum absolute atomic E-state index is 0.221. The Balaban J connectivity index is 1.95. The van der Waals surface area contributed by atoms with E-state index >= 15 is 0 Å². The highest BCUT2D eigenvalue weighted by atomic mass is 35.5. The number of benzene rings is 2. The molecule has 0 unspecified atom stereocenters. The summed E-state index contributed by atoms with van der Waals surface area (Å²) in [4.78, 5) is 11.8. The third-order valence-electron chi connectivity index (χ3n) is 2.79. The number of carbonyl (C=O) groups is 1. The quantitative estimate of drug-likeness (QED) is 0.782. The number of hydrogen-bond donors (Lipinski definition) is 1. The van der Waals surface area contributed by atoms with Gasteiger partial charge in [-0.25, -0.2) is 0 Å². The van der Waals surface area contributed by atoms with Gasteiger partial charge >= 0.3 is 0 Å². The van der Waals surface area contributed by atoms with Crippen molar-refractivity contribution in [1.29, 1.82) is 0 Å². The highest BCUT2D eigenvalue weighted by molar-refractivity contribution is 6.35. The first-order chi connectivity index (χ1) is 10.1. The molecule has 1 N–H and O–H groups in total. The first kappa shape index (κ1) is 15.9. The third-order valence-corrected chi connectivity index (χ3v) is 3.72. The molecule has 0 saturated carbocycles. The number of halogens is 3. The van der Waals surface area contributed by atoms with Crippen molar-refractivity contribution in [1.82, 2.24) is 5.32 Å². The van der Waals surface area contributed by atoms with E-state index in [9.17, 15) is 4.79 Å². The lowest BCUT2D eigenvalue weighted by atomic mass is 10.2. The molecular weight excluding hydrogens is 329 g/mol. The van der Waals surface area contributed by atoms with Gasteiger partial charge in [0.25, 0.3) is 0 Å². The van der Waals surface area contributed by atoms with E-state index in [1.54, 1.807) is 30.3 Å². The average Bonchev–Trinajstić information content (AvgIpc) is 2.45. The van der Waals surface area contributed by atoms with Crippen LogP contribution in [0.25, 0.3) is 6.08 Å². The molecule has 21 heavy (non-hydrogen) atoms. The number of rotatable bonds is 4. The van der Waals surface area contributed by atoms with Crippen LogP contribution < -0.4 is 5.32 Å². The summed E-state index contributed by atoms with van der Waals surface area (Å²) in [6.45, 7) is 0.372. The van der Waals surface area contributed by atoms with Crippen molar-refractivity contribution in [2.75, 3.05) is 0 Å². The maximum atomic E-state index is 11.8. The van der Waals surface area contributed by atoms with Gasteiger partial charge in [-0.15, -0.1) is 0 Å². The minimum atomic E-state index is -0.221. The van der Waals surface area contributed by atoms with Crippen LogP contribution in [0.1, 0.15) is 11.1 Å². The zero-order valence-electron chi connectivity index (χ0n) is 10.9. The number of carbonyl (C=O) groups excluding carboxylic acids is 1. The van der Waals surface area contributed by atoms with Crippen molar-refractivity contribution < 1.29 is 4.79 Å². The van der Waals surface area contributed by atoms with Gasteiger partial charge in [-0.05, 0) is 35.4 Å². The number of nitrogens with one attached hydrogen (secondary N) is 1. The maximum Gasteiger partial charge on any atom is 0.244 e. The van der Waals surface area contributed by atoms with Gasteiger partial charge in [0.15, 0.2) is 0 Å². The maximum absolute atomic E-state index is 11.8. The SMILES string of the molecule is O=C(C=Cc1ccc(Cl)cc1Cl)NCc1ccccc1Cl. The summed E-state index contributed by atoms with van der Waals surface area (Å²) in [7, 11) is 0. The smallest absolute Gasteiger partial charge is 0.244 e. The second-order valence-electron chi connectivity index (χ2n) is 4.31. The summed E-state index contributed by atoms with van der Waals surface area (Å²) >= 11 is 17.9. The van der Waals surface area contributed by atoms with Gasteiger partial charge in [0, 0.05) is 27.7 Å². The molecule has 0 aliphatic heterocycles. The van der Waals surface area contributed by atoms with E-state index in [2.05, 4.69) is 5.32 Å². The molecule has 0 radical (unpaired) electrons. The molecule has 0 spiro atoms. The highest BCUT2D eigenvalue weighted by Gasteiger charge is 2.02. The Morgan fingerprint density at radius 2 is 1.81 bits per heavy atom. The van der Waals surface area contributed by atoms with E-state index < -0.39 is 0 Å². The minimum Gasteiger partial charge on any atom is -0.348 e. The molecule has 5 heteroatoms. The van der Waals surface area contributed by atoms with Crippen LogP contribution in [0, 0.1) is 0 Å². The second kappa shape index (κ2) is 7.51. The molecule has 0 aliphatic carbocycles. The topological polar surface area (TPSA) is 29.1 Å².